The van der Waals surface area contributed by atoms with E-state index in [-0.39, 0.29) is 23.5 Å². The Morgan fingerprint density at radius 1 is 1.17 bits per heavy atom. The van der Waals surface area contributed by atoms with Gasteiger partial charge in [-0.15, -0.1) is 0 Å². The molecule has 1 unspecified atom stereocenters. The average Bonchev–Trinajstić information content (AvgIpc) is 3.46. The van der Waals surface area contributed by atoms with Crippen molar-refractivity contribution in [2.45, 2.75) is 56.5 Å². The van der Waals surface area contributed by atoms with Crippen LogP contribution >= 0.6 is 0 Å². The lowest BCUT2D eigenvalue weighted by Gasteiger charge is -2.20. The molecule has 3 rings (SSSR count). The summed E-state index contributed by atoms with van der Waals surface area (Å²) >= 11 is 0. The molecular weight excluding hydrogens is 388 g/mol. The van der Waals surface area contributed by atoms with E-state index in [4.69, 9.17) is 5.73 Å². The second-order valence-corrected chi connectivity index (χ2v) is 7.47. The zero-order valence-electron chi connectivity index (χ0n) is 15.7. The Bertz CT molecular complexity index is 948. The van der Waals surface area contributed by atoms with E-state index in [2.05, 4.69) is 4.98 Å². The number of aromatic nitrogens is 1. The number of amides is 1. The average molecular weight is 410 g/mol. The van der Waals surface area contributed by atoms with Gasteiger partial charge in [-0.3, -0.25) is 9.59 Å². The van der Waals surface area contributed by atoms with Crippen LogP contribution in [-0.2, 0) is 11.0 Å². The van der Waals surface area contributed by atoms with Crippen molar-refractivity contribution >= 4 is 5.91 Å². The number of halogens is 4. The number of rotatable bonds is 8. The molecule has 0 spiro atoms. The first-order valence-electron chi connectivity index (χ1n) is 9.55. The Kier molecular flexibility index (Phi) is 6.10. The molecule has 3 N–H and O–H groups in total. The topological polar surface area (TPSA) is 76.0 Å². The van der Waals surface area contributed by atoms with E-state index in [9.17, 15) is 27.2 Å². The van der Waals surface area contributed by atoms with Gasteiger partial charge in [-0.05, 0) is 55.4 Å². The van der Waals surface area contributed by atoms with E-state index in [0.717, 1.165) is 25.0 Å². The van der Waals surface area contributed by atoms with Gasteiger partial charge in [-0.25, -0.2) is 4.39 Å². The predicted molar refractivity (Wildman–Crippen MR) is 99.9 cm³/mol. The molecule has 1 aliphatic carbocycles. The highest BCUT2D eigenvalue weighted by Gasteiger charge is 2.32. The number of aromatic amines is 1. The summed E-state index contributed by atoms with van der Waals surface area (Å²) in [5.41, 5.74) is 5.01. The summed E-state index contributed by atoms with van der Waals surface area (Å²) in [6.07, 6.45) is -1.25. The first kappa shape index (κ1) is 21.1. The number of pyridine rings is 1. The molecule has 1 aromatic heterocycles. The first-order valence-corrected chi connectivity index (χ1v) is 9.55. The van der Waals surface area contributed by atoms with Gasteiger partial charge in [-0.1, -0.05) is 18.6 Å². The Morgan fingerprint density at radius 3 is 2.45 bits per heavy atom. The SMILES string of the molecule is NC(=O)CCCCC(c1ccc(C2CC2)c(=O)[nH]1)c1ccc(C(F)(F)F)cc1F. The highest BCUT2D eigenvalue weighted by molar-refractivity contribution is 5.73. The molecule has 1 aliphatic rings. The van der Waals surface area contributed by atoms with E-state index in [1.54, 1.807) is 12.1 Å². The molecule has 0 aliphatic heterocycles. The van der Waals surface area contributed by atoms with Gasteiger partial charge in [0.1, 0.15) is 5.82 Å². The van der Waals surface area contributed by atoms with Crippen LogP contribution < -0.4 is 11.3 Å². The molecule has 1 heterocycles. The second kappa shape index (κ2) is 8.39. The lowest BCUT2D eigenvalue weighted by molar-refractivity contribution is -0.137. The van der Waals surface area contributed by atoms with Crippen LogP contribution in [0.15, 0.2) is 35.1 Å². The number of hydrogen-bond acceptors (Lipinski definition) is 2. The number of unbranched alkanes of at least 4 members (excludes halogenated alkanes) is 1. The van der Waals surface area contributed by atoms with Crippen molar-refractivity contribution in [3.63, 3.8) is 0 Å². The number of H-pyrrole nitrogens is 1. The molecule has 0 radical (unpaired) electrons. The molecule has 8 heteroatoms. The quantitative estimate of drug-likeness (QED) is 0.493. The zero-order chi connectivity index (χ0) is 21.2. The van der Waals surface area contributed by atoms with Crippen molar-refractivity contribution in [3.8, 4) is 0 Å². The van der Waals surface area contributed by atoms with Gasteiger partial charge < -0.3 is 10.7 Å². The smallest absolute Gasteiger partial charge is 0.370 e. The Hall–Kier alpha value is -2.64. The highest BCUT2D eigenvalue weighted by Crippen LogP contribution is 2.39. The summed E-state index contributed by atoms with van der Waals surface area (Å²) in [6.45, 7) is 0. The summed E-state index contributed by atoms with van der Waals surface area (Å²) < 4.78 is 53.2. The molecule has 156 valence electrons. The van der Waals surface area contributed by atoms with Gasteiger partial charge in [0.05, 0.1) is 5.56 Å². The van der Waals surface area contributed by atoms with Gasteiger partial charge in [0, 0.05) is 23.6 Å². The zero-order valence-corrected chi connectivity index (χ0v) is 15.7. The summed E-state index contributed by atoms with van der Waals surface area (Å²) in [7, 11) is 0. The maximum atomic E-state index is 14.6. The van der Waals surface area contributed by atoms with E-state index >= 15 is 0 Å². The molecule has 0 bridgehead atoms. The number of nitrogens with two attached hydrogens (primary N) is 1. The van der Waals surface area contributed by atoms with E-state index in [0.29, 0.717) is 36.6 Å². The summed E-state index contributed by atoms with van der Waals surface area (Å²) in [4.78, 5) is 26.1. The second-order valence-electron chi connectivity index (χ2n) is 7.47. The van der Waals surface area contributed by atoms with Crippen molar-refractivity contribution in [1.29, 1.82) is 0 Å². The number of carbonyl (C=O) groups excluding carboxylic acids is 1. The maximum Gasteiger partial charge on any atom is 0.416 e. The number of hydrogen-bond donors (Lipinski definition) is 2. The van der Waals surface area contributed by atoms with E-state index in [1.165, 1.54) is 0 Å². The number of carbonyl (C=O) groups is 1. The number of alkyl halides is 3. The molecule has 1 fully saturated rings. The van der Waals surface area contributed by atoms with E-state index in [1.807, 2.05) is 0 Å². The molecule has 1 atom stereocenters. The van der Waals surface area contributed by atoms with Crippen LogP contribution in [0, 0.1) is 5.82 Å². The van der Waals surface area contributed by atoms with Crippen LogP contribution in [0.3, 0.4) is 0 Å². The third-order valence-corrected chi connectivity index (χ3v) is 5.22. The minimum atomic E-state index is -4.64. The molecule has 4 nitrogen and oxygen atoms in total. The third kappa shape index (κ3) is 5.25. The predicted octanol–water partition coefficient (Wildman–Crippen LogP) is 4.59. The van der Waals surface area contributed by atoms with Crippen molar-refractivity contribution < 1.29 is 22.4 Å². The monoisotopic (exact) mass is 410 g/mol. The molecule has 2 aromatic rings. The van der Waals surface area contributed by atoms with Crippen LogP contribution in [0.2, 0.25) is 0 Å². The lowest BCUT2D eigenvalue weighted by atomic mass is 9.88. The van der Waals surface area contributed by atoms with Gasteiger partial charge >= 0.3 is 6.18 Å². The number of nitrogens with one attached hydrogen (secondary N) is 1. The molecular formula is C21H22F4N2O2. The normalized spacial score (nSPS) is 15.3. The molecule has 0 saturated heterocycles. The molecule has 1 saturated carbocycles. The third-order valence-electron chi connectivity index (χ3n) is 5.22. The van der Waals surface area contributed by atoms with Crippen LogP contribution in [0.4, 0.5) is 17.6 Å². The molecule has 29 heavy (non-hydrogen) atoms. The van der Waals surface area contributed by atoms with Gasteiger partial charge in [-0.2, -0.15) is 13.2 Å². The Balaban J connectivity index is 1.91. The Labute approximate surface area is 165 Å². The lowest BCUT2D eigenvalue weighted by Crippen LogP contribution is -2.17. The standard InChI is InChI=1S/C21H22F4N2O2/c22-17-11-13(21(23,24)25)7-8-15(17)16(3-1-2-4-19(26)28)18-10-9-14(12-5-6-12)20(29)27-18/h7-12,16H,1-6H2,(H2,26,28)(H,27,29). The minimum Gasteiger partial charge on any atom is -0.370 e. The fraction of sp³-hybridized carbons (Fsp3) is 0.429. The van der Waals surface area contributed by atoms with Crippen molar-refractivity contribution in [2.24, 2.45) is 5.73 Å². The van der Waals surface area contributed by atoms with Gasteiger partial charge in [0.2, 0.25) is 5.91 Å². The van der Waals surface area contributed by atoms with Crippen LogP contribution in [0.5, 0.6) is 0 Å². The fourth-order valence-electron chi connectivity index (χ4n) is 3.53. The fourth-order valence-corrected chi connectivity index (χ4v) is 3.53. The van der Waals surface area contributed by atoms with Crippen molar-refractivity contribution in [2.75, 3.05) is 0 Å². The van der Waals surface area contributed by atoms with Crippen LogP contribution in [-0.4, -0.2) is 10.9 Å². The van der Waals surface area contributed by atoms with Crippen LogP contribution in [0.1, 0.15) is 72.7 Å². The van der Waals surface area contributed by atoms with Gasteiger partial charge in [0.25, 0.3) is 5.56 Å². The van der Waals surface area contributed by atoms with E-state index < -0.39 is 29.4 Å². The molecule has 1 aromatic carbocycles. The summed E-state index contributed by atoms with van der Waals surface area (Å²) in [5.74, 6) is -1.83. The maximum absolute atomic E-state index is 14.6. The molecule has 1 amide bonds. The largest absolute Gasteiger partial charge is 0.416 e. The summed E-state index contributed by atoms with van der Waals surface area (Å²) in [5, 5.41) is 0. The minimum absolute atomic E-state index is 0.0758. The van der Waals surface area contributed by atoms with Crippen LogP contribution in [0.25, 0.3) is 0 Å². The van der Waals surface area contributed by atoms with Crippen molar-refractivity contribution in [1.82, 2.24) is 4.98 Å². The number of primary amides is 1. The van der Waals surface area contributed by atoms with Gasteiger partial charge in [0.15, 0.2) is 0 Å². The Morgan fingerprint density at radius 2 is 1.90 bits per heavy atom. The highest BCUT2D eigenvalue weighted by atomic mass is 19.4. The number of benzene rings is 1. The summed E-state index contributed by atoms with van der Waals surface area (Å²) in [6, 6.07) is 5.84. The first-order chi connectivity index (χ1) is 13.7. The van der Waals surface area contributed by atoms with Crippen molar-refractivity contribution in [3.05, 3.63) is 68.9 Å².